The molecule has 1 aliphatic rings. The van der Waals surface area contributed by atoms with E-state index in [1.807, 2.05) is 37.3 Å². The molecule has 0 spiro atoms. The van der Waals surface area contributed by atoms with Crippen LogP contribution in [0.2, 0.25) is 0 Å². The van der Waals surface area contributed by atoms with Gasteiger partial charge in [0.05, 0.1) is 12.0 Å². The van der Waals surface area contributed by atoms with Gasteiger partial charge < -0.3 is 5.32 Å². The fourth-order valence-corrected chi connectivity index (χ4v) is 2.49. The lowest BCUT2D eigenvalue weighted by atomic mass is 9.72. The Morgan fingerprint density at radius 2 is 2.00 bits per heavy atom. The molecule has 1 aliphatic heterocycles. The summed E-state index contributed by atoms with van der Waals surface area (Å²) in [5.41, 5.74) is 3.19. The van der Waals surface area contributed by atoms with Crippen molar-refractivity contribution >= 4 is 5.91 Å². The van der Waals surface area contributed by atoms with Crippen LogP contribution >= 0.6 is 0 Å². The van der Waals surface area contributed by atoms with E-state index < -0.39 is 5.41 Å². The minimum atomic E-state index is -0.457. The second-order valence-corrected chi connectivity index (χ2v) is 4.56. The number of carbonyl (C=O) groups excluding carboxylic acids is 1. The number of piperidine rings is 1. The third kappa shape index (κ3) is 2.54. The van der Waals surface area contributed by atoms with Gasteiger partial charge in [-0.05, 0) is 38.4 Å². The van der Waals surface area contributed by atoms with Crippen molar-refractivity contribution in [2.45, 2.75) is 25.2 Å². The van der Waals surface area contributed by atoms with Gasteiger partial charge in [0.15, 0.2) is 0 Å². The summed E-state index contributed by atoms with van der Waals surface area (Å²) in [6.45, 7) is 4.05. The van der Waals surface area contributed by atoms with Crippen LogP contribution in [0.4, 0.5) is 0 Å². The topological polar surface area (TPSA) is 50.4 Å². The predicted molar refractivity (Wildman–Crippen MR) is 70.0 cm³/mol. The third-order valence-electron chi connectivity index (χ3n) is 3.53. The van der Waals surface area contributed by atoms with Gasteiger partial charge in [0.25, 0.3) is 5.91 Å². The van der Waals surface area contributed by atoms with E-state index in [0.717, 1.165) is 31.5 Å². The van der Waals surface area contributed by atoms with Crippen molar-refractivity contribution < 1.29 is 9.63 Å². The fourth-order valence-electron chi connectivity index (χ4n) is 2.49. The molecule has 4 nitrogen and oxygen atoms in total. The lowest BCUT2D eigenvalue weighted by molar-refractivity contribution is -0.140. The minimum absolute atomic E-state index is 0.0305. The van der Waals surface area contributed by atoms with E-state index >= 15 is 0 Å². The maximum atomic E-state index is 12.4. The number of nitrogens with one attached hydrogen (secondary N) is 2. The zero-order chi connectivity index (χ0) is 12.8. The second-order valence-electron chi connectivity index (χ2n) is 4.56. The maximum Gasteiger partial charge on any atom is 0.254 e. The molecule has 1 amide bonds. The van der Waals surface area contributed by atoms with Crippen LogP contribution in [0.25, 0.3) is 0 Å². The van der Waals surface area contributed by atoms with Gasteiger partial charge in [0.2, 0.25) is 0 Å². The van der Waals surface area contributed by atoms with E-state index in [1.54, 1.807) is 0 Å². The molecule has 4 heteroatoms. The van der Waals surface area contributed by atoms with Crippen molar-refractivity contribution in [3.8, 4) is 0 Å². The number of rotatable bonds is 4. The van der Waals surface area contributed by atoms with Crippen LogP contribution in [-0.2, 0) is 15.0 Å². The highest BCUT2D eigenvalue weighted by molar-refractivity contribution is 5.87. The van der Waals surface area contributed by atoms with Crippen LogP contribution in [0.3, 0.4) is 0 Å². The SMILES string of the molecule is CCONC(=O)C1(c2ccccc2)CCNCC1. The summed E-state index contributed by atoms with van der Waals surface area (Å²) in [5, 5.41) is 3.30. The summed E-state index contributed by atoms with van der Waals surface area (Å²) >= 11 is 0. The Bertz CT molecular complexity index is 386. The number of hydrogen-bond acceptors (Lipinski definition) is 3. The first kappa shape index (κ1) is 13.1. The van der Waals surface area contributed by atoms with Crippen LogP contribution in [0.15, 0.2) is 30.3 Å². The molecule has 2 N–H and O–H groups in total. The number of benzene rings is 1. The van der Waals surface area contributed by atoms with Gasteiger partial charge in [-0.3, -0.25) is 9.63 Å². The molecule has 0 saturated carbocycles. The first-order valence-corrected chi connectivity index (χ1v) is 6.48. The molecule has 0 atom stereocenters. The molecule has 1 heterocycles. The van der Waals surface area contributed by atoms with E-state index in [2.05, 4.69) is 10.8 Å². The summed E-state index contributed by atoms with van der Waals surface area (Å²) in [6, 6.07) is 9.98. The van der Waals surface area contributed by atoms with Crippen molar-refractivity contribution in [1.82, 2.24) is 10.8 Å². The highest BCUT2D eigenvalue weighted by atomic mass is 16.6. The van der Waals surface area contributed by atoms with Crippen LogP contribution < -0.4 is 10.8 Å². The molecule has 18 heavy (non-hydrogen) atoms. The van der Waals surface area contributed by atoms with Gasteiger partial charge in [-0.25, -0.2) is 5.48 Å². The van der Waals surface area contributed by atoms with E-state index in [1.165, 1.54) is 0 Å². The highest BCUT2D eigenvalue weighted by Gasteiger charge is 2.41. The first-order valence-electron chi connectivity index (χ1n) is 6.48. The summed E-state index contributed by atoms with van der Waals surface area (Å²) in [4.78, 5) is 17.5. The Labute approximate surface area is 108 Å². The number of hydrogen-bond donors (Lipinski definition) is 2. The molecule has 0 radical (unpaired) electrons. The van der Waals surface area contributed by atoms with Gasteiger partial charge in [0.1, 0.15) is 0 Å². The highest BCUT2D eigenvalue weighted by Crippen LogP contribution is 2.33. The smallest absolute Gasteiger partial charge is 0.254 e. The zero-order valence-corrected chi connectivity index (χ0v) is 10.7. The summed E-state index contributed by atoms with van der Waals surface area (Å²) in [7, 11) is 0. The predicted octanol–water partition coefficient (Wildman–Crippen LogP) is 1.38. The first-order chi connectivity index (χ1) is 8.79. The van der Waals surface area contributed by atoms with Crippen molar-refractivity contribution in [3.63, 3.8) is 0 Å². The van der Waals surface area contributed by atoms with Gasteiger partial charge in [0, 0.05) is 0 Å². The van der Waals surface area contributed by atoms with Gasteiger partial charge in [-0.15, -0.1) is 0 Å². The van der Waals surface area contributed by atoms with Crippen molar-refractivity contribution in [2.75, 3.05) is 19.7 Å². The molecule has 0 aromatic heterocycles. The third-order valence-corrected chi connectivity index (χ3v) is 3.53. The molecular formula is C14H20N2O2. The quantitative estimate of drug-likeness (QED) is 0.791. The van der Waals surface area contributed by atoms with Crippen LogP contribution in [-0.4, -0.2) is 25.6 Å². The van der Waals surface area contributed by atoms with E-state index in [4.69, 9.17) is 4.84 Å². The van der Waals surface area contributed by atoms with Crippen molar-refractivity contribution in [1.29, 1.82) is 0 Å². The molecule has 0 bridgehead atoms. The van der Waals surface area contributed by atoms with Crippen LogP contribution in [0.1, 0.15) is 25.3 Å². The van der Waals surface area contributed by atoms with Gasteiger partial charge in [-0.1, -0.05) is 30.3 Å². The molecule has 1 aromatic carbocycles. The van der Waals surface area contributed by atoms with E-state index in [9.17, 15) is 4.79 Å². The van der Waals surface area contributed by atoms with E-state index in [0.29, 0.717) is 6.61 Å². The number of hydroxylamine groups is 1. The Morgan fingerprint density at radius 3 is 2.61 bits per heavy atom. The molecule has 98 valence electrons. The lowest BCUT2D eigenvalue weighted by Crippen LogP contribution is -2.50. The van der Waals surface area contributed by atoms with Gasteiger partial charge in [-0.2, -0.15) is 0 Å². The minimum Gasteiger partial charge on any atom is -0.317 e. The maximum absolute atomic E-state index is 12.4. The normalized spacial score (nSPS) is 18.3. The molecule has 1 saturated heterocycles. The molecule has 1 fully saturated rings. The molecule has 0 aliphatic carbocycles. The summed E-state index contributed by atoms with van der Waals surface area (Å²) < 4.78 is 0. The Morgan fingerprint density at radius 1 is 1.33 bits per heavy atom. The number of amides is 1. The average molecular weight is 248 g/mol. The Balaban J connectivity index is 2.25. The number of carbonyl (C=O) groups is 1. The lowest BCUT2D eigenvalue weighted by Gasteiger charge is -2.36. The van der Waals surface area contributed by atoms with Crippen molar-refractivity contribution in [2.24, 2.45) is 0 Å². The monoisotopic (exact) mass is 248 g/mol. The van der Waals surface area contributed by atoms with Crippen LogP contribution in [0, 0.1) is 0 Å². The van der Waals surface area contributed by atoms with Gasteiger partial charge >= 0.3 is 0 Å². The summed E-state index contributed by atoms with van der Waals surface area (Å²) in [6.07, 6.45) is 1.60. The zero-order valence-electron chi connectivity index (χ0n) is 10.7. The van der Waals surface area contributed by atoms with Crippen molar-refractivity contribution in [3.05, 3.63) is 35.9 Å². The fraction of sp³-hybridized carbons (Fsp3) is 0.500. The molecule has 1 aromatic rings. The largest absolute Gasteiger partial charge is 0.317 e. The Hall–Kier alpha value is -1.39. The summed E-state index contributed by atoms with van der Waals surface area (Å²) in [5.74, 6) is -0.0305. The standard InChI is InChI=1S/C14H20N2O2/c1-2-18-16-13(17)14(8-10-15-11-9-14)12-6-4-3-5-7-12/h3-7,15H,2,8-11H2,1H3,(H,16,17). The Kier molecular flexibility index (Phi) is 4.33. The average Bonchev–Trinajstić information content (AvgIpc) is 2.46. The van der Waals surface area contributed by atoms with E-state index in [-0.39, 0.29) is 5.91 Å². The molecule has 0 unspecified atom stereocenters. The second kappa shape index (κ2) is 5.98. The van der Waals surface area contributed by atoms with Crippen LogP contribution in [0.5, 0.6) is 0 Å². The molecular weight excluding hydrogens is 228 g/mol. The molecule has 2 rings (SSSR count).